The van der Waals surface area contributed by atoms with E-state index >= 15 is 0 Å². The number of rotatable bonds is 4. The van der Waals surface area contributed by atoms with Crippen molar-refractivity contribution in [3.63, 3.8) is 0 Å². The SMILES string of the molecule is Cc1c(C(=O)O)cc(-c2ccccc2)n1S(=O)(=O)c1ccc(F)cc1. The maximum absolute atomic E-state index is 13.1. The van der Waals surface area contributed by atoms with Gasteiger partial charge in [0.15, 0.2) is 0 Å². The Morgan fingerprint density at radius 2 is 1.64 bits per heavy atom. The minimum Gasteiger partial charge on any atom is -0.478 e. The molecule has 0 atom stereocenters. The van der Waals surface area contributed by atoms with Crippen molar-refractivity contribution < 1.29 is 22.7 Å². The normalized spacial score (nSPS) is 11.4. The summed E-state index contributed by atoms with van der Waals surface area (Å²) in [6, 6.07) is 14.3. The van der Waals surface area contributed by atoms with Gasteiger partial charge in [0.1, 0.15) is 5.82 Å². The van der Waals surface area contributed by atoms with Crippen LogP contribution in [0.15, 0.2) is 65.6 Å². The number of halogens is 1. The number of benzene rings is 2. The van der Waals surface area contributed by atoms with Crippen LogP contribution in [0.2, 0.25) is 0 Å². The van der Waals surface area contributed by atoms with Gasteiger partial charge in [-0.2, -0.15) is 0 Å². The Morgan fingerprint density at radius 1 is 1.04 bits per heavy atom. The predicted molar refractivity (Wildman–Crippen MR) is 90.5 cm³/mol. The van der Waals surface area contributed by atoms with Gasteiger partial charge in [0, 0.05) is 5.69 Å². The Morgan fingerprint density at radius 3 is 2.20 bits per heavy atom. The highest BCUT2D eigenvalue weighted by molar-refractivity contribution is 7.90. The summed E-state index contributed by atoms with van der Waals surface area (Å²) in [7, 11) is -4.09. The summed E-state index contributed by atoms with van der Waals surface area (Å²) >= 11 is 0. The van der Waals surface area contributed by atoms with E-state index in [1.807, 2.05) is 0 Å². The molecule has 1 heterocycles. The van der Waals surface area contributed by atoms with E-state index in [9.17, 15) is 22.7 Å². The Bertz CT molecular complexity index is 1040. The third-order valence-electron chi connectivity index (χ3n) is 3.85. The van der Waals surface area contributed by atoms with Gasteiger partial charge in [0.2, 0.25) is 0 Å². The zero-order valence-electron chi connectivity index (χ0n) is 13.2. The average Bonchev–Trinajstić information content (AvgIpc) is 2.94. The van der Waals surface area contributed by atoms with Gasteiger partial charge < -0.3 is 5.11 Å². The Hall–Kier alpha value is -2.93. The fourth-order valence-electron chi connectivity index (χ4n) is 2.64. The second kappa shape index (κ2) is 6.18. The van der Waals surface area contributed by atoms with Crippen LogP contribution in [0, 0.1) is 12.7 Å². The molecule has 0 aliphatic heterocycles. The zero-order chi connectivity index (χ0) is 18.2. The molecule has 25 heavy (non-hydrogen) atoms. The van der Waals surface area contributed by atoms with Crippen molar-refractivity contribution in [2.24, 2.45) is 0 Å². The van der Waals surface area contributed by atoms with Gasteiger partial charge in [-0.25, -0.2) is 21.6 Å². The number of carboxylic acids is 1. The number of nitrogens with zero attached hydrogens (tertiary/aromatic N) is 1. The molecule has 0 radical (unpaired) electrons. The highest BCUT2D eigenvalue weighted by atomic mass is 32.2. The molecule has 1 N–H and O–H groups in total. The zero-order valence-corrected chi connectivity index (χ0v) is 14.0. The van der Waals surface area contributed by atoms with Crippen LogP contribution in [0.25, 0.3) is 11.3 Å². The maximum atomic E-state index is 13.1. The van der Waals surface area contributed by atoms with Gasteiger partial charge in [-0.05, 0) is 42.8 Å². The van der Waals surface area contributed by atoms with E-state index in [1.54, 1.807) is 30.3 Å². The molecule has 7 heteroatoms. The van der Waals surface area contributed by atoms with Gasteiger partial charge >= 0.3 is 5.97 Å². The average molecular weight is 359 g/mol. The molecule has 0 saturated heterocycles. The summed E-state index contributed by atoms with van der Waals surface area (Å²) in [5, 5.41) is 9.37. The summed E-state index contributed by atoms with van der Waals surface area (Å²) in [6.45, 7) is 1.43. The first-order valence-electron chi connectivity index (χ1n) is 7.34. The van der Waals surface area contributed by atoms with Crippen LogP contribution in [-0.4, -0.2) is 23.5 Å². The van der Waals surface area contributed by atoms with Crippen LogP contribution in [0.1, 0.15) is 16.1 Å². The Labute approximate surface area is 144 Å². The van der Waals surface area contributed by atoms with Crippen molar-refractivity contribution in [2.45, 2.75) is 11.8 Å². The maximum Gasteiger partial charge on any atom is 0.337 e. The van der Waals surface area contributed by atoms with E-state index < -0.39 is 21.8 Å². The van der Waals surface area contributed by atoms with Crippen LogP contribution in [0.5, 0.6) is 0 Å². The smallest absolute Gasteiger partial charge is 0.337 e. The van der Waals surface area contributed by atoms with Gasteiger partial charge in [-0.15, -0.1) is 0 Å². The summed E-state index contributed by atoms with van der Waals surface area (Å²) in [5.41, 5.74) is 0.767. The van der Waals surface area contributed by atoms with Crippen molar-refractivity contribution in [1.29, 1.82) is 0 Å². The van der Waals surface area contributed by atoms with Crippen molar-refractivity contribution >= 4 is 16.0 Å². The number of carbonyl (C=O) groups is 1. The molecule has 1 aromatic heterocycles. The lowest BCUT2D eigenvalue weighted by Crippen LogP contribution is -2.16. The molecule has 3 rings (SSSR count). The molecule has 0 aliphatic carbocycles. The number of carboxylic acid groups (broad SMARTS) is 1. The molecule has 0 bridgehead atoms. The van der Waals surface area contributed by atoms with E-state index in [0.717, 1.165) is 28.2 Å². The molecular weight excluding hydrogens is 345 g/mol. The van der Waals surface area contributed by atoms with Crippen molar-refractivity contribution in [1.82, 2.24) is 3.97 Å². The van der Waals surface area contributed by atoms with Crippen LogP contribution in [-0.2, 0) is 10.0 Å². The first-order valence-corrected chi connectivity index (χ1v) is 8.78. The first kappa shape index (κ1) is 16.9. The summed E-state index contributed by atoms with van der Waals surface area (Å²) in [5.74, 6) is -1.78. The summed E-state index contributed by atoms with van der Waals surface area (Å²) in [4.78, 5) is 11.3. The van der Waals surface area contributed by atoms with E-state index in [-0.39, 0.29) is 21.8 Å². The largest absolute Gasteiger partial charge is 0.478 e. The minimum absolute atomic E-state index is 0.0793. The second-order valence-electron chi connectivity index (χ2n) is 5.42. The summed E-state index contributed by atoms with van der Waals surface area (Å²) < 4.78 is 40.2. The van der Waals surface area contributed by atoms with E-state index in [2.05, 4.69) is 0 Å². The number of aromatic carboxylic acids is 1. The molecule has 0 unspecified atom stereocenters. The van der Waals surface area contributed by atoms with Crippen LogP contribution in [0.4, 0.5) is 4.39 Å². The predicted octanol–water partition coefficient (Wildman–Crippen LogP) is 3.54. The first-order chi connectivity index (χ1) is 11.8. The summed E-state index contributed by atoms with van der Waals surface area (Å²) in [6.07, 6.45) is 0. The highest BCUT2D eigenvalue weighted by Gasteiger charge is 2.27. The molecule has 3 aromatic rings. The number of hydrogen-bond donors (Lipinski definition) is 1. The topological polar surface area (TPSA) is 76.4 Å². The van der Waals surface area contributed by atoms with E-state index in [4.69, 9.17) is 0 Å². The number of hydrogen-bond acceptors (Lipinski definition) is 3. The quantitative estimate of drug-likeness (QED) is 0.773. The van der Waals surface area contributed by atoms with Crippen molar-refractivity contribution in [2.75, 3.05) is 0 Å². The van der Waals surface area contributed by atoms with Crippen LogP contribution >= 0.6 is 0 Å². The van der Waals surface area contributed by atoms with Gasteiger partial charge in [-0.1, -0.05) is 30.3 Å². The Kier molecular flexibility index (Phi) is 4.18. The molecule has 5 nitrogen and oxygen atoms in total. The highest BCUT2D eigenvalue weighted by Crippen LogP contribution is 2.30. The van der Waals surface area contributed by atoms with E-state index in [0.29, 0.717) is 5.56 Å². The standard InChI is InChI=1S/C18H14FNO4S/c1-12-16(18(21)22)11-17(13-5-3-2-4-6-13)20(12)25(23,24)15-9-7-14(19)8-10-15/h2-11H,1H3,(H,21,22). The second-order valence-corrected chi connectivity index (χ2v) is 7.21. The molecule has 0 fully saturated rings. The van der Waals surface area contributed by atoms with E-state index in [1.165, 1.54) is 13.0 Å². The lowest BCUT2D eigenvalue weighted by Gasteiger charge is -2.13. The third-order valence-corrected chi connectivity index (χ3v) is 5.67. The molecular formula is C18H14FNO4S. The monoisotopic (exact) mass is 359 g/mol. The molecule has 128 valence electrons. The van der Waals surface area contributed by atoms with Crippen LogP contribution < -0.4 is 0 Å². The molecule has 0 saturated carbocycles. The third kappa shape index (κ3) is 2.94. The van der Waals surface area contributed by atoms with Crippen molar-refractivity contribution in [3.8, 4) is 11.3 Å². The lowest BCUT2D eigenvalue weighted by atomic mass is 10.1. The fourth-order valence-corrected chi connectivity index (χ4v) is 4.20. The van der Waals surface area contributed by atoms with Gasteiger partial charge in [0.25, 0.3) is 10.0 Å². The van der Waals surface area contributed by atoms with Crippen molar-refractivity contribution in [3.05, 3.63) is 77.7 Å². The molecule has 0 spiro atoms. The molecule has 0 aliphatic rings. The lowest BCUT2D eigenvalue weighted by molar-refractivity contribution is 0.0696. The Balaban J connectivity index is 2.31. The van der Waals surface area contributed by atoms with Crippen LogP contribution in [0.3, 0.4) is 0 Å². The molecule has 2 aromatic carbocycles. The number of aromatic nitrogens is 1. The fraction of sp³-hybridized carbons (Fsp3) is 0.0556. The molecule has 0 amide bonds. The minimum atomic E-state index is -4.09. The van der Waals surface area contributed by atoms with Gasteiger partial charge in [0.05, 0.1) is 16.2 Å². The van der Waals surface area contributed by atoms with Gasteiger partial charge in [-0.3, -0.25) is 0 Å².